The molecule has 1 unspecified atom stereocenters. The zero-order valence-electron chi connectivity index (χ0n) is 24.3. The summed E-state index contributed by atoms with van der Waals surface area (Å²) in [6.07, 6.45) is 5.61. The number of nitrogens with zero attached hydrogens (tertiary/aromatic N) is 2. The summed E-state index contributed by atoms with van der Waals surface area (Å²) in [4.78, 5) is 29.4. The molecule has 1 saturated carbocycles. The molecule has 8 heteroatoms. The molecule has 218 valence electrons. The molecule has 1 fully saturated rings. The van der Waals surface area contributed by atoms with Crippen LogP contribution in [0.25, 0.3) is 0 Å². The fourth-order valence-electron chi connectivity index (χ4n) is 5.37. The highest BCUT2D eigenvalue weighted by Gasteiger charge is 2.34. The number of amides is 2. The van der Waals surface area contributed by atoms with Gasteiger partial charge >= 0.3 is 0 Å². The van der Waals surface area contributed by atoms with Gasteiger partial charge in [0.1, 0.15) is 12.6 Å². The fraction of sp³-hybridized carbons (Fsp3) is 0.394. The van der Waals surface area contributed by atoms with Crippen LogP contribution in [0.3, 0.4) is 0 Å². The predicted molar refractivity (Wildman–Crippen MR) is 163 cm³/mol. The molecule has 0 aromatic heterocycles. The molecule has 0 radical (unpaired) electrons. The molecule has 0 saturated heterocycles. The van der Waals surface area contributed by atoms with Gasteiger partial charge < -0.3 is 10.2 Å². The third kappa shape index (κ3) is 7.55. The Bertz CT molecular complexity index is 1420. The maximum atomic E-state index is 14.2. The van der Waals surface area contributed by atoms with E-state index in [9.17, 15) is 18.0 Å². The number of sulfonamides is 1. The maximum Gasteiger partial charge on any atom is 0.264 e. The first kappa shape index (κ1) is 30.3. The zero-order valence-corrected chi connectivity index (χ0v) is 25.1. The molecule has 1 aliphatic carbocycles. The van der Waals surface area contributed by atoms with Gasteiger partial charge in [-0.05, 0) is 74.1 Å². The van der Waals surface area contributed by atoms with E-state index in [1.807, 2.05) is 57.2 Å². The number of hydrogen-bond donors (Lipinski definition) is 1. The summed E-state index contributed by atoms with van der Waals surface area (Å²) in [6.45, 7) is 5.53. The minimum Gasteiger partial charge on any atom is -0.352 e. The lowest BCUT2D eigenvalue weighted by Gasteiger charge is -2.34. The van der Waals surface area contributed by atoms with E-state index in [1.165, 1.54) is 22.9 Å². The van der Waals surface area contributed by atoms with E-state index >= 15 is 0 Å². The topological polar surface area (TPSA) is 86.8 Å². The second kappa shape index (κ2) is 13.8. The van der Waals surface area contributed by atoms with Gasteiger partial charge in [0.15, 0.2) is 0 Å². The molecule has 1 atom stereocenters. The van der Waals surface area contributed by atoms with Crippen molar-refractivity contribution in [3.05, 3.63) is 95.6 Å². The smallest absolute Gasteiger partial charge is 0.264 e. The van der Waals surface area contributed by atoms with Crippen molar-refractivity contribution in [2.45, 2.75) is 82.8 Å². The highest BCUT2D eigenvalue weighted by Crippen LogP contribution is 2.27. The highest BCUT2D eigenvalue weighted by atomic mass is 32.2. The maximum absolute atomic E-state index is 14.2. The number of aryl methyl sites for hydroxylation is 2. The molecular weight excluding hydrogens is 534 g/mol. The number of hydrogen-bond acceptors (Lipinski definition) is 4. The fourth-order valence-corrected chi connectivity index (χ4v) is 6.80. The van der Waals surface area contributed by atoms with E-state index in [0.717, 1.165) is 42.4 Å². The van der Waals surface area contributed by atoms with Crippen LogP contribution in [0.15, 0.2) is 83.8 Å². The Kier molecular flexibility index (Phi) is 10.2. The van der Waals surface area contributed by atoms with Crippen molar-refractivity contribution in [2.24, 2.45) is 0 Å². The number of rotatable bonds is 11. The molecule has 1 N–H and O–H groups in total. The van der Waals surface area contributed by atoms with Gasteiger partial charge in [0.2, 0.25) is 11.8 Å². The number of carbonyl (C=O) groups is 2. The third-order valence-corrected chi connectivity index (χ3v) is 9.71. The van der Waals surface area contributed by atoms with Crippen molar-refractivity contribution in [1.82, 2.24) is 10.2 Å². The van der Waals surface area contributed by atoms with Crippen LogP contribution in [0.5, 0.6) is 0 Å². The Balaban J connectivity index is 1.70. The summed E-state index contributed by atoms with van der Waals surface area (Å²) in [5.41, 5.74) is 3.22. The third-order valence-electron chi connectivity index (χ3n) is 7.92. The largest absolute Gasteiger partial charge is 0.352 e. The summed E-state index contributed by atoms with van der Waals surface area (Å²) < 4.78 is 29.1. The summed E-state index contributed by atoms with van der Waals surface area (Å²) in [6, 6.07) is 22.4. The van der Waals surface area contributed by atoms with Crippen molar-refractivity contribution >= 4 is 27.5 Å². The van der Waals surface area contributed by atoms with Crippen LogP contribution in [-0.2, 0) is 26.2 Å². The summed E-state index contributed by atoms with van der Waals surface area (Å²) in [7, 11) is -4.08. The van der Waals surface area contributed by atoms with E-state index < -0.39 is 28.5 Å². The van der Waals surface area contributed by atoms with Gasteiger partial charge in [-0.15, -0.1) is 0 Å². The van der Waals surface area contributed by atoms with Gasteiger partial charge in [-0.25, -0.2) is 8.42 Å². The molecule has 3 aromatic carbocycles. The SMILES string of the molecule is CCC(C(=O)NC1CCCCC1)N(Cc1ccccc1)C(=O)CN(c1ccc(C)c(C)c1)S(=O)(=O)c1ccccc1. The van der Waals surface area contributed by atoms with Crippen molar-refractivity contribution in [3.8, 4) is 0 Å². The number of nitrogens with one attached hydrogen (secondary N) is 1. The lowest BCUT2D eigenvalue weighted by atomic mass is 9.95. The first-order chi connectivity index (χ1) is 19.7. The minimum atomic E-state index is -4.08. The number of benzene rings is 3. The van der Waals surface area contributed by atoms with Gasteiger partial charge in [-0.1, -0.05) is 80.8 Å². The summed E-state index contributed by atoms with van der Waals surface area (Å²) in [5, 5.41) is 3.18. The first-order valence-electron chi connectivity index (χ1n) is 14.5. The molecule has 2 amide bonds. The molecule has 0 spiro atoms. The monoisotopic (exact) mass is 575 g/mol. The molecule has 3 aromatic rings. The Morgan fingerprint density at radius 2 is 1.51 bits per heavy atom. The van der Waals surface area contributed by atoms with E-state index in [2.05, 4.69) is 5.32 Å². The number of anilines is 1. The Labute approximate surface area is 244 Å². The van der Waals surface area contributed by atoms with Crippen molar-refractivity contribution in [3.63, 3.8) is 0 Å². The van der Waals surface area contributed by atoms with Gasteiger partial charge in [-0.3, -0.25) is 13.9 Å². The average Bonchev–Trinajstić information content (AvgIpc) is 2.98. The lowest BCUT2D eigenvalue weighted by molar-refractivity contribution is -0.140. The van der Waals surface area contributed by atoms with Crippen molar-refractivity contribution in [1.29, 1.82) is 0 Å². The van der Waals surface area contributed by atoms with Crippen LogP contribution in [0.1, 0.15) is 62.1 Å². The van der Waals surface area contributed by atoms with Crippen LogP contribution in [0.2, 0.25) is 0 Å². The second-order valence-electron chi connectivity index (χ2n) is 10.9. The zero-order chi connectivity index (χ0) is 29.4. The predicted octanol–water partition coefficient (Wildman–Crippen LogP) is 5.76. The van der Waals surface area contributed by atoms with E-state index in [0.29, 0.717) is 12.1 Å². The van der Waals surface area contributed by atoms with Crippen molar-refractivity contribution in [2.75, 3.05) is 10.8 Å². The van der Waals surface area contributed by atoms with Crippen LogP contribution >= 0.6 is 0 Å². The Morgan fingerprint density at radius 3 is 2.12 bits per heavy atom. The van der Waals surface area contributed by atoms with Gasteiger partial charge in [0.25, 0.3) is 10.0 Å². The molecule has 1 aliphatic rings. The quantitative estimate of drug-likeness (QED) is 0.315. The van der Waals surface area contributed by atoms with Crippen LogP contribution in [-0.4, -0.2) is 43.8 Å². The van der Waals surface area contributed by atoms with Gasteiger partial charge in [-0.2, -0.15) is 0 Å². The molecule has 7 nitrogen and oxygen atoms in total. The minimum absolute atomic E-state index is 0.0997. The van der Waals surface area contributed by atoms with E-state index in [-0.39, 0.29) is 23.4 Å². The van der Waals surface area contributed by atoms with E-state index in [1.54, 1.807) is 35.2 Å². The van der Waals surface area contributed by atoms with Crippen LogP contribution in [0.4, 0.5) is 5.69 Å². The molecule has 0 heterocycles. The lowest BCUT2D eigenvalue weighted by Crippen LogP contribution is -2.54. The molecular formula is C33H41N3O4S. The summed E-state index contributed by atoms with van der Waals surface area (Å²) in [5.74, 6) is -0.621. The Hall–Kier alpha value is -3.65. The summed E-state index contributed by atoms with van der Waals surface area (Å²) >= 11 is 0. The van der Waals surface area contributed by atoms with Crippen molar-refractivity contribution < 1.29 is 18.0 Å². The molecule has 0 bridgehead atoms. The Morgan fingerprint density at radius 1 is 0.878 bits per heavy atom. The average molecular weight is 576 g/mol. The van der Waals surface area contributed by atoms with E-state index in [4.69, 9.17) is 0 Å². The van der Waals surface area contributed by atoms with Crippen LogP contribution in [0, 0.1) is 13.8 Å². The molecule has 0 aliphatic heterocycles. The standard InChI is InChI=1S/C33H41N3O4S/c1-4-31(33(38)34-28-16-10-6-11-17-28)35(23-27-14-8-5-9-15-27)32(37)24-36(29-21-20-25(2)26(3)22-29)41(39,40)30-18-12-7-13-19-30/h5,7-9,12-15,18-22,28,31H,4,6,10-11,16-17,23-24H2,1-3H3,(H,34,38). The molecule has 41 heavy (non-hydrogen) atoms. The molecule has 4 rings (SSSR count). The van der Waals surface area contributed by atoms with Gasteiger partial charge in [0, 0.05) is 12.6 Å². The first-order valence-corrected chi connectivity index (χ1v) is 15.9. The van der Waals surface area contributed by atoms with Gasteiger partial charge in [0.05, 0.1) is 10.6 Å². The normalized spacial score (nSPS) is 14.7. The number of carbonyl (C=O) groups excluding carboxylic acids is 2. The highest BCUT2D eigenvalue weighted by molar-refractivity contribution is 7.92. The van der Waals surface area contributed by atoms with Crippen LogP contribution < -0.4 is 9.62 Å². The second-order valence-corrected chi connectivity index (χ2v) is 12.7.